The standard InChI is InChI=1S/C26H37N3O6/c1-5-34-17-10-8-16(9-11-17)27-22(31)19-18-12-13-26(35-18)20(19)24(33)29(14-6-7-15-30)21(26)23(32)28-25(2,3)4/h8-11,18-21,30H,5-7,12-15H2,1-4H3,(H,27,31)(H,28,32)/t18-,19+,20+,21?,26?/m1/s1. The van der Waals surface area contributed by atoms with E-state index in [4.69, 9.17) is 9.47 Å². The molecule has 9 heteroatoms. The number of benzene rings is 1. The predicted molar refractivity (Wildman–Crippen MR) is 130 cm³/mol. The van der Waals surface area contributed by atoms with Crippen molar-refractivity contribution in [3.63, 3.8) is 0 Å². The van der Waals surface area contributed by atoms with Crippen LogP contribution in [0.3, 0.4) is 0 Å². The Morgan fingerprint density at radius 1 is 1.20 bits per heavy atom. The van der Waals surface area contributed by atoms with E-state index >= 15 is 0 Å². The van der Waals surface area contributed by atoms with Gasteiger partial charge in [0.05, 0.1) is 24.5 Å². The third-order valence-corrected chi connectivity index (χ3v) is 7.09. The number of unbranched alkanes of at least 4 members (excludes halogenated alkanes) is 1. The number of fused-ring (bicyclic) bond motifs is 1. The number of nitrogens with zero attached hydrogens (tertiary/aromatic N) is 1. The molecule has 5 atom stereocenters. The quantitative estimate of drug-likeness (QED) is 0.459. The molecule has 0 aliphatic carbocycles. The molecule has 3 fully saturated rings. The summed E-state index contributed by atoms with van der Waals surface area (Å²) in [4.78, 5) is 42.2. The van der Waals surface area contributed by atoms with Crippen molar-refractivity contribution < 1.29 is 29.0 Å². The summed E-state index contributed by atoms with van der Waals surface area (Å²) in [5, 5.41) is 15.2. The monoisotopic (exact) mass is 487 g/mol. The average molecular weight is 488 g/mol. The van der Waals surface area contributed by atoms with Crippen LogP contribution >= 0.6 is 0 Å². The molecule has 1 aromatic rings. The highest BCUT2D eigenvalue weighted by Crippen LogP contribution is 2.58. The average Bonchev–Trinajstić information content (AvgIpc) is 3.42. The number of ether oxygens (including phenoxy) is 2. The van der Waals surface area contributed by atoms with Gasteiger partial charge in [-0.05, 0) is 77.6 Å². The summed E-state index contributed by atoms with van der Waals surface area (Å²) in [5.41, 5.74) is -0.883. The highest BCUT2D eigenvalue weighted by atomic mass is 16.5. The second kappa shape index (κ2) is 9.78. The molecule has 3 N–H and O–H groups in total. The molecule has 1 aromatic carbocycles. The Labute approximate surface area is 206 Å². The van der Waals surface area contributed by atoms with Gasteiger partial charge in [0, 0.05) is 24.4 Å². The molecule has 9 nitrogen and oxygen atoms in total. The van der Waals surface area contributed by atoms with Gasteiger partial charge in [-0.25, -0.2) is 0 Å². The maximum atomic E-state index is 13.7. The lowest BCUT2D eigenvalue weighted by Crippen LogP contribution is -2.58. The number of likely N-dealkylation sites (tertiary alicyclic amines) is 1. The molecule has 3 heterocycles. The van der Waals surface area contributed by atoms with E-state index in [9.17, 15) is 19.5 Å². The second-order valence-corrected chi connectivity index (χ2v) is 10.7. The van der Waals surface area contributed by atoms with Crippen molar-refractivity contribution in [1.29, 1.82) is 0 Å². The lowest BCUT2D eigenvalue weighted by Gasteiger charge is -2.35. The van der Waals surface area contributed by atoms with Crippen LogP contribution in [-0.4, -0.2) is 70.8 Å². The fourth-order valence-corrected chi connectivity index (χ4v) is 5.85. The van der Waals surface area contributed by atoms with Gasteiger partial charge in [0.2, 0.25) is 17.7 Å². The van der Waals surface area contributed by atoms with Gasteiger partial charge >= 0.3 is 0 Å². The highest BCUT2D eigenvalue weighted by Gasteiger charge is 2.74. The van der Waals surface area contributed by atoms with Crippen LogP contribution in [0.25, 0.3) is 0 Å². The Kier molecular flexibility index (Phi) is 7.11. The lowest BCUT2D eigenvalue weighted by atomic mass is 9.70. The number of nitrogens with one attached hydrogen (secondary N) is 2. The first-order valence-electron chi connectivity index (χ1n) is 12.6. The van der Waals surface area contributed by atoms with Crippen molar-refractivity contribution >= 4 is 23.4 Å². The smallest absolute Gasteiger partial charge is 0.246 e. The summed E-state index contributed by atoms with van der Waals surface area (Å²) in [6, 6.07) is 6.31. The summed E-state index contributed by atoms with van der Waals surface area (Å²) in [7, 11) is 0. The van der Waals surface area contributed by atoms with Crippen LogP contribution < -0.4 is 15.4 Å². The van der Waals surface area contributed by atoms with Gasteiger partial charge in [-0.2, -0.15) is 0 Å². The fraction of sp³-hybridized carbons (Fsp3) is 0.654. The molecule has 2 bridgehead atoms. The van der Waals surface area contributed by atoms with Gasteiger partial charge in [-0.15, -0.1) is 0 Å². The maximum Gasteiger partial charge on any atom is 0.246 e. The maximum absolute atomic E-state index is 13.7. The minimum atomic E-state index is -1.02. The van der Waals surface area contributed by atoms with Gasteiger partial charge in [0.1, 0.15) is 17.4 Å². The van der Waals surface area contributed by atoms with Crippen LogP contribution in [0.1, 0.15) is 53.4 Å². The number of rotatable bonds is 9. The van der Waals surface area contributed by atoms with E-state index in [1.54, 1.807) is 29.2 Å². The Morgan fingerprint density at radius 2 is 1.91 bits per heavy atom. The van der Waals surface area contributed by atoms with E-state index in [0.29, 0.717) is 50.3 Å². The van der Waals surface area contributed by atoms with Crippen LogP contribution in [-0.2, 0) is 19.1 Å². The van der Waals surface area contributed by atoms with Crippen LogP contribution in [0.5, 0.6) is 5.75 Å². The zero-order chi connectivity index (χ0) is 25.4. The van der Waals surface area contributed by atoms with Crippen molar-refractivity contribution in [1.82, 2.24) is 10.2 Å². The van der Waals surface area contributed by atoms with E-state index in [-0.39, 0.29) is 24.3 Å². The van der Waals surface area contributed by atoms with E-state index in [1.165, 1.54) is 0 Å². The van der Waals surface area contributed by atoms with Crippen molar-refractivity contribution in [2.24, 2.45) is 11.8 Å². The number of aliphatic hydroxyl groups is 1. The van der Waals surface area contributed by atoms with Gasteiger partial charge in [0.15, 0.2) is 0 Å². The normalized spacial score (nSPS) is 29.3. The second-order valence-electron chi connectivity index (χ2n) is 10.7. The van der Waals surface area contributed by atoms with Crippen molar-refractivity contribution in [2.45, 2.75) is 76.7 Å². The topological polar surface area (TPSA) is 117 Å². The summed E-state index contributed by atoms with van der Waals surface area (Å²) in [6.45, 7) is 8.49. The van der Waals surface area contributed by atoms with Crippen molar-refractivity contribution in [2.75, 3.05) is 25.1 Å². The number of hydrogen-bond acceptors (Lipinski definition) is 6. The molecule has 1 spiro atoms. The van der Waals surface area contributed by atoms with Crippen molar-refractivity contribution in [3.8, 4) is 5.75 Å². The molecular formula is C26H37N3O6. The molecule has 3 saturated heterocycles. The highest BCUT2D eigenvalue weighted by molar-refractivity contribution is 6.02. The number of carbonyl (C=O) groups excluding carboxylic acids is 3. The SMILES string of the molecule is CCOc1ccc(NC(=O)[C@@H]2[C@H]3C(=O)N(CCCCO)C(C(=O)NC(C)(C)C)C34CC[C@H]2O4)cc1. The fourth-order valence-electron chi connectivity index (χ4n) is 5.85. The molecule has 0 aromatic heterocycles. The predicted octanol–water partition coefficient (Wildman–Crippen LogP) is 2.09. The Hall–Kier alpha value is -2.65. The van der Waals surface area contributed by atoms with Crippen LogP contribution in [0.15, 0.2) is 24.3 Å². The number of anilines is 1. The lowest BCUT2D eigenvalue weighted by molar-refractivity contribution is -0.142. The summed E-state index contributed by atoms with van der Waals surface area (Å²) in [5.74, 6) is -1.42. The zero-order valence-electron chi connectivity index (χ0n) is 21.0. The largest absolute Gasteiger partial charge is 0.494 e. The molecule has 3 amide bonds. The molecule has 35 heavy (non-hydrogen) atoms. The van der Waals surface area contributed by atoms with Crippen LogP contribution in [0, 0.1) is 11.8 Å². The Bertz CT molecular complexity index is 959. The van der Waals surface area contributed by atoms with E-state index in [0.717, 1.165) is 0 Å². The first-order chi connectivity index (χ1) is 16.6. The molecule has 3 aliphatic rings. The number of amides is 3. The summed E-state index contributed by atoms with van der Waals surface area (Å²) >= 11 is 0. The molecular weight excluding hydrogens is 450 g/mol. The molecule has 4 rings (SSSR count). The third-order valence-electron chi connectivity index (χ3n) is 7.09. The number of aliphatic hydroxyl groups excluding tert-OH is 1. The summed E-state index contributed by atoms with van der Waals surface area (Å²) in [6.07, 6.45) is 1.86. The van der Waals surface area contributed by atoms with E-state index in [1.807, 2.05) is 27.7 Å². The summed E-state index contributed by atoms with van der Waals surface area (Å²) < 4.78 is 11.9. The van der Waals surface area contributed by atoms with Gasteiger partial charge < -0.3 is 30.1 Å². The molecule has 3 aliphatic heterocycles. The van der Waals surface area contributed by atoms with Gasteiger partial charge in [-0.3, -0.25) is 14.4 Å². The molecule has 2 unspecified atom stereocenters. The minimum absolute atomic E-state index is 0.0150. The van der Waals surface area contributed by atoms with Crippen LogP contribution in [0.4, 0.5) is 5.69 Å². The molecule has 0 radical (unpaired) electrons. The Balaban J connectivity index is 1.59. The minimum Gasteiger partial charge on any atom is -0.494 e. The first kappa shape index (κ1) is 25.4. The zero-order valence-corrected chi connectivity index (χ0v) is 21.0. The Morgan fingerprint density at radius 3 is 2.54 bits per heavy atom. The van der Waals surface area contributed by atoms with Crippen LogP contribution in [0.2, 0.25) is 0 Å². The van der Waals surface area contributed by atoms with E-state index in [2.05, 4.69) is 10.6 Å². The number of carbonyl (C=O) groups is 3. The van der Waals surface area contributed by atoms with Crippen molar-refractivity contribution in [3.05, 3.63) is 24.3 Å². The third kappa shape index (κ3) is 4.76. The van der Waals surface area contributed by atoms with E-state index < -0.39 is 35.1 Å². The van der Waals surface area contributed by atoms with Gasteiger partial charge in [0.25, 0.3) is 0 Å². The van der Waals surface area contributed by atoms with Gasteiger partial charge in [-0.1, -0.05) is 0 Å². The first-order valence-corrected chi connectivity index (χ1v) is 12.6. The molecule has 0 saturated carbocycles. The molecule has 192 valence electrons. The number of hydrogen-bond donors (Lipinski definition) is 3.